The lowest BCUT2D eigenvalue weighted by Crippen LogP contribution is -2.29. The Balaban J connectivity index is 1.80. The number of benzene rings is 3. The normalized spacial score (nSPS) is 13.4. The first-order chi connectivity index (χ1) is 13.5. The van der Waals surface area contributed by atoms with Crippen LogP contribution in [0.15, 0.2) is 84.2 Å². The van der Waals surface area contributed by atoms with Crippen LogP contribution in [0.3, 0.4) is 0 Å². The van der Waals surface area contributed by atoms with Crippen molar-refractivity contribution in [2.75, 3.05) is 10.6 Å². The van der Waals surface area contributed by atoms with Crippen molar-refractivity contribution in [2.45, 2.75) is 6.92 Å². The largest absolute Gasteiger partial charge is 0.350 e. The lowest BCUT2D eigenvalue weighted by atomic mass is 9.90. The Hall–Kier alpha value is -3.73. The van der Waals surface area contributed by atoms with Gasteiger partial charge in [0.2, 0.25) is 11.6 Å². The molecule has 0 amide bonds. The molecule has 0 heterocycles. The number of aryl methyl sites for hydroxylation is 1. The average molecular weight is 372 g/mol. The summed E-state index contributed by atoms with van der Waals surface area (Å²) in [7, 11) is 0. The van der Waals surface area contributed by atoms with Gasteiger partial charge < -0.3 is 10.6 Å². The molecule has 4 rings (SSSR count). The number of hydrogen-bond donors (Lipinski definition) is 2. The van der Waals surface area contributed by atoms with Crippen molar-refractivity contribution in [1.29, 1.82) is 0 Å². The first-order valence-corrected chi connectivity index (χ1v) is 8.82. The Kier molecular flexibility index (Phi) is 4.49. The molecule has 0 saturated heterocycles. The van der Waals surface area contributed by atoms with Gasteiger partial charge in [-0.25, -0.2) is 4.39 Å². The standard InChI is InChI=1S/C23H17FN2O2/c1-14-6-10-16(11-7-14)25-20-21(26-17-12-8-15(24)9-13-17)23(28)19-5-3-2-4-18(19)22(20)27/h2-13,25-26H,1H3. The molecule has 4 nitrogen and oxygen atoms in total. The number of carbonyl (C=O) groups is 2. The molecule has 3 aromatic rings. The fourth-order valence-corrected chi connectivity index (χ4v) is 3.07. The fraction of sp³-hybridized carbons (Fsp3) is 0.0435. The molecular formula is C23H17FN2O2. The number of nitrogens with one attached hydrogen (secondary N) is 2. The lowest BCUT2D eigenvalue weighted by Gasteiger charge is -2.23. The average Bonchev–Trinajstić information content (AvgIpc) is 2.71. The summed E-state index contributed by atoms with van der Waals surface area (Å²) in [6, 6.07) is 19.9. The van der Waals surface area contributed by atoms with Crippen molar-refractivity contribution in [1.82, 2.24) is 0 Å². The molecule has 0 spiro atoms. The van der Waals surface area contributed by atoms with E-state index < -0.39 is 0 Å². The molecule has 0 unspecified atom stereocenters. The third kappa shape index (κ3) is 3.30. The van der Waals surface area contributed by atoms with Gasteiger partial charge in [-0.15, -0.1) is 0 Å². The van der Waals surface area contributed by atoms with E-state index in [-0.39, 0.29) is 28.8 Å². The number of halogens is 1. The Morgan fingerprint density at radius 2 is 1.07 bits per heavy atom. The van der Waals surface area contributed by atoms with E-state index in [1.165, 1.54) is 24.3 Å². The molecule has 0 fully saturated rings. The number of hydrogen-bond acceptors (Lipinski definition) is 4. The van der Waals surface area contributed by atoms with Crippen LogP contribution in [0.2, 0.25) is 0 Å². The molecule has 0 aliphatic heterocycles. The molecule has 0 saturated carbocycles. The second-order valence-electron chi connectivity index (χ2n) is 6.58. The number of anilines is 2. The summed E-state index contributed by atoms with van der Waals surface area (Å²) in [5.74, 6) is -0.955. The van der Waals surface area contributed by atoms with Crippen molar-refractivity contribution < 1.29 is 14.0 Å². The number of Topliss-reactive ketones (excluding diaryl/α,β-unsaturated/α-hetero) is 2. The van der Waals surface area contributed by atoms with Gasteiger partial charge in [0.1, 0.15) is 17.2 Å². The van der Waals surface area contributed by atoms with Crippen molar-refractivity contribution in [2.24, 2.45) is 0 Å². The maximum Gasteiger partial charge on any atom is 0.212 e. The molecule has 3 aromatic carbocycles. The summed E-state index contributed by atoms with van der Waals surface area (Å²) in [5.41, 5.74) is 3.28. The molecule has 5 heteroatoms. The third-order valence-corrected chi connectivity index (χ3v) is 4.55. The molecule has 0 aromatic heterocycles. The van der Waals surface area contributed by atoms with E-state index in [2.05, 4.69) is 10.6 Å². The van der Waals surface area contributed by atoms with Crippen LogP contribution in [-0.4, -0.2) is 11.6 Å². The van der Waals surface area contributed by atoms with Gasteiger partial charge in [-0.3, -0.25) is 9.59 Å². The molecule has 28 heavy (non-hydrogen) atoms. The zero-order valence-electron chi connectivity index (χ0n) is 15.1. The van der Waals surface area contributed by atoms with E-state index in [4.69, 9.17) is 0 Å². The molecule has 2 N–H and O–H groups in total. The molecule has 0 bridgehead atoms. The lowest BCUT2D eigenvalue weighted by molar-refractivity contribution is 0.0977. The molecule has 1 aliphatic carbocycles. The SMILES string of the molecule is Cc1ccc(NC2=C(Nc3ccc(F)cc3)C(=O)c3ccccc3C2=O)cc1. The predicted molar refractivity (Wildman–Crippen MR) is 107 cm³/mol. The Morgan fingerprint density at radius 1 is 0.643 bits per heavy atom. The van der Waals surface area contributed by atoms with Gasteiger partial charge in [-0.05, 0) is 43.3 Å². The maximum absolute atomic E-state index is 13.2. The van der Waals surface area contributed by atoms with Crippen LogP contribution in [-0.2, 0) is 0 Å². The van der Waals surface area contributed by atoms with Gasteiger partial charge in [0.25, 0.3) is 0 Å². The third-order valence-electron chi connectivity index (χ3n) is 4.55. The van der Waals surface area contributed by atoms with Crippen LogP contribution in [0.4, 0.5) is 15.8 Å². The molecular weight excluding hydrogens is 355 g/mol. The number of carbonyl (C=O) groups excluding carboxylic acids is 2. The molecule has 0 radical (unpaired) electrons. The topological polar surface area (TPSA) is 58.2 Å². The summed E-state index contributed by atoms with van der Waals surface area (Å²) < 4.78 is 13.2. The minimum absolute atomic E-state index is 0.135. The highest BCUT2D eigenvalue weighted by molar-refractivity contribution is 6.28. The number of rotatable bonds is 4. The van der Waals surface area contributed by atoms with Gasteiger partial charge in [0.05, 0.1) is 0 Å². The highest BCUT2D eigenvalue weighted by Gasteiger charge is 2.32. The van der Waals surface area contributed by atoms with Gasteiger partial charge in [0.15, 0.2) is 0 Å². The van der Waals surface area contributed by atoms with Gasteiger partial charge >= 0.3 is 0 Å². The fourth-order valence-electron chi connectivity index (χ4n) is 3.07. The zero-order valence-corrected chi connectivity index (χ0v) is 15.1. The Morgan fingerprint density at radius 3 is 1.54 bits per heavy atom. The Bertz CT molecular complexity index is 1010. The number of allylic oxidation sites excluding steroid dienone is 2. The van der Waals surface area contributed by atoms with E-state index in [1.54, 1.807) is 24.3 Å². The first-order valence-electron chi connectivity index (χ1n) is 8.82. The highest BCUT2D eigenvalue weighted by Crippen LogP contribution is 2.28. The Labute approximate surface area is 161 Å². The summed E-state index contributed by atoms with van der Waals surface area (Å²) in [6.07, 6.45) is 0. The van der Waals surface area contributed by atoms with E-state index in [9.17, 15) is 14.0 Å². The summed E-state index contributed by atoms with van der Waals surface area (Å²) in [6.45, 7) is 1.97. The summed E-state index contributed by atoms with van der Waals surface area (Å²) in [4.78, 5) is 26.2. The van der Waals surface area contributed by atoms with Crippen LogP contribution in [0.1, 0.15) is 26.3 Å². The minimum atomic E-state index is -0.381. The maximum atomic E-state index is 13.2. The minimum Gasteiger partial charge on any atom is -0.350 e. The smallest absolute Gasteiger partial charge is 0.212 e. The van der Waals surface area contributed by atoms with Crippen LogP contribution in [0, 0.1) is 12.7 Å². The van der Waals surface area contributed by atoms with Gasteiger partial charge in [-0.1, -0.05) is 42.0 Å². The predicted octanol–water partition coefficient (Wildman–Crippen LogP) is 4.95. The zero-order chi connectivity index (χ0) is 19.7. The van der Waals surface area contributed by atoms with Crippen molar-refractivity contribution in [3.05, 3.63) is 107 Å². The summed E-state index contributed by atoms with van der Waals surface area (Å²) in [5, 5.41) is 6.07. The van der Waals surface area contributed by atoms with Crippen molar-refractivity contribution in [3.8, 4) is 0 Å². The van der Waals surface area contributed by atoms with E-state index in [0.717, 1.165) is 5.56 Å². The quantitative estimate of drug-likeness (QED) is 0.680. The van der Waals surface area contributed by atoms with Crippen LogP contribution in [0.5, 0.6) is 0 Å². The molecule has 1 aliphatic rings. The number of fused-ring (bicyclic) bond motifs is 1. The molecule has 138 valence electrons. The monoisotopic (exact) mass is 372 g/mol. The number of ketones is 2. The van der Waals surface area contributed by atoms with Gasteiger partial charge in [0, 0.05) is 22.5 Å². The van der Waals surface area contributed by atoms with E-state index in [0.29, 0.717) is 22.5 Å². The van der Waals surface area contributed by atoms with E-state index in [1.807, 2.05) is 31.2 Å². The van der Waals surface area contributed by atoms with Crippen LogP contribution >= 0.6 is 0 Å². The molecule has 0 atom stereocenters. The van der Waals surface area contributed by atoms with Crippen LogP contribution in [0.25, 0.3) is 0 Å². The van der Waals surface area contributed by atoms with Crippen LogP contribution < -0.4 is 10.6 Å². The highest BCUT2D eigenvalue weighted by atomic mass is 19.1. The second-order valence-corrected chi connectivity index (χ2v) is 6.58. The first kappa shape index (κ1) is 17.7. The van der Waals surface area contributed by atoms with Crippen molar-refractivity contribution >= 4 is 22.9 Å². The second kappa shape index (κ2) is 7.12. The van der Waals surface area contributed by atoms with E-state index >= 15 is 0 Å². The summed E-state index contributed by atoms with van der Waals surface area (Å²) >= 11 is 0. The van der Waals surface area contributed by atoms with Crippen molar-refractivity contribution in [3.63, 3.8) is 0 Å². The van der Waals surface area contributed by atoms with Gasteiger partial charge in [-0.2, -0.15) is 0 Å².